The van der Waals surface area contributed by atoms with E-state index in [9.17, 15) is 8.42 Å². The molecule has 0 unspecified atom stereocenters. The lowest BCUT2D eigenvalue weighted by atomic mass is 10.2. The van der Waals surface area contributed by atoms with Gasteiger partial charge in [-0.3, -0.25) is 0 Å². The van der Waals surface area contributed by atoms with Gasteiger partial charge in [0.05, 0.1) is 11.4 Å². The summed E-state index contributed by atoms with van der Waals surface area (Å²) in [6.45, 7) is 0.464. The molecule has 0 amide bonds. The van der Waals surface area contributed by atoms with Gasteiger partial charge in [0.2, 0.25) is 10.0 Å². The van der Waals surface area contributed by atoms with E-state index < -0.39 is 10.0 Å². The first-order valence-electron chi connectivity index (χ1n) is 5.58. The van der Waals surface area contributed by atoms with Crippen LogP contribution in [0.5, 0.6) is 0 Å². The Hall–Kier alpha value is -1.84. The molecular weight excluding hydrogens is 268 g/mol. The molecule has 2 rings (SSSR count). The Morgan fingerprint density at radius 3 is 2.74 bits per heavy atom. The summed E-state index contributed by atoms with van der Waals surface area (Å²) < 4.78 is 26.8. The lowest BCUT2D eigenvalue weighted by molar-refractivity contribution is 0.577. The van der Waals surface area contributed by atoms with Gasteiger partial charge >= 0.3 is 0 Å². The lowest BCUT2D eigenvalue weighted by Crippen LogP contribution is -2.25. The molecule has 0 aliphatic heterocycles. The van der Waals surface area contributed by atoms with Crippen LogP contribution in [0, 0.1) is 0 Å². The first-order chi connectivity index (χ1) is 9.13. The van der Waals surface area contributed by atoms with Crippen LogP contribution in [-0.2, 0) is 23.1 Å². The second-order valence-electron chi connectivity index (χ2n) is 3.79. The largest absolute Gasteiger partial charge is 0.316 e. The molecule has 0 spiro atoms. The fourth-order valence-electron chi connectivity index (χ4n) is 1.60. The van der Waals surface area contributed by atoms with Gasteiger partial charge in [-0.25, -0.2) is 13.1 Å². The van der Waals surface area contributed by atoms with Crippen LogP contribution in [0.25, 0.3) is 0 Å². The van der Waals surface area contributed by atoms with Crippen LogP contribution in [0.2, 0.25) is 0 Å². The Bertz CT molecular complexity index is 625. The zero-order valence-electron chi connectivity index (χ0n) is 10.3. The Kier molecular flexibility index (Phi) is 4.20. The van der Waals surface area contributed by atoms with Crippen molar-refractivity contribution in [2.24, 2.45) is 0 Å². The Labute approximate surface area is 110 Å². The van der Waals surface area contributed by atoms with Gasteiger partial charge in [-0.15, -0.1) is 10.2 Å². The summed E-state index contributed by atoms with van der Waals surface area (Å²) >= 11 is 0. The molecule has 0 radical (unpaired) electrons. The van der Waals surface area contributed by atoms with Gasteiger partial charge in [0.1, 0.15) is 0 Å². The van der Waals surface area contributed by atoms with Crippen molar-refractivity contribution in [3.05, 3.63) is 35.7 Å². The van der Waals surface area contributed by atoms with Crippen LogP contribution in [0.1, 0.15) is 11.4 Å². The Morgan fingerprint density at radius 2 is 2.05 bits per heavy atom. The number of benzene rings is 1. The van der Waals surface area contributed by atoms with E-state index in [-0.39, 0.29) is 17.3 Å². The van der Waals surface area contributed by atoms with Crippen LogP contribution < -0.4 is 10.0 Å². The van der Waals surface area contributed by atoms with Crippen molar-refractivity contribution in [2.75, 3.05) is 7.05 Å². The highest BCUT2D eigenvalue weighted by molar-refractivity contribution is 7.89. The zero-order valence-corrected chi connectivity index (χ0v) is 11.1. The molecular formula is C10H14N6O2S. The standard InChI is InChI=1S/C10H14N6O2S/c1-11-6-8-4-2-3-5-9(8)19(17,18)12-7-10-13-15-16-14-10/h2-5,11-12H,6-7H2,1H3,(H,13,14,15,16). The maximum atomic E-state index is 12.2. The highest BCUT2D eigenvalue weighted by Gasteiger charge is 2.18. The van der Waals surface area contributed by atoms with Crippen molar-refractivity contribution < 1.29 is 8.42 Å². The fraction of sp³-hybridized carbons (Fsp3) is 0.300. The molecule has 0 aliphatic carbocycles. The van der Waals surface area contributed by atoms with E-state index in [1.54, 1.807) is 31.3 Å². The van der Waals surface area contributed by atoms with Crippen LogP contribution in [0.15, 0.2) is 29.2 Å². The molecule has 0 saturated heterocycles. The number of aromatic nitrogens is 4. The third-order valence-corrected chi connectivity index (χ3v) is 3.94. The van der Waals surface area contributed by atoms with E-state index >= 15 is 0 Å². The van der Waals surface area contributed by atoms with E-state index in [1.165, 1.54) is 0 Å². The average molecular weight is 282 g/mol. The second kappa shape index (κ2) is 5.87. The summed E-state index contributed by atoms with van der Waals surface area (Å²) in [4.78, 5) is 0.243. The van der Waals surface area contributed by atoms with Gasteiger partial charge in [0.25, 0.3) is 0 Å². The number of rotatable bonds is 6. The Balaban J connectivity index is 2.19. The minimum Gasteiger partial charge on any atom is -0.316 e. The topological polar surface area (TPSA) is 113 Å². The summed E-state index contributed by atoms with van der Waals surface area (Å²) in [5.74, 6) is 0.287. The van der Waals surface area contributed by atoms with Gasteiger partial charge in [0.15, 0.2) is 5.82 Å². The zero-order chi connectivity index (χ0) is 13.7. The summed E-state index contributed by atoms with van der Waals surface area (Å²) in [5.41, 5.74) is 0.700. The van der Waals surface area contributed by atoms with Crippen molar-refractivity contribution in [1.82, 2.24) is 30.7 Å². The predicted molar refractivity (Wildman–Crippen MR) is 67.4 cm³/mol. The third kappa shape index (κ3) is 3.34. The van der Waals surface area contributed by atoms with Crippen LogP contribution in [0.3, 0.4) is 0 Å². The number of sulfonamides is 1. The molecule has 0 atom stereocenters. The van der Waals surface area contributed by atoms with Crippen molar-refractivity contribution in [1.29, 1.82) is 0 Å². The number of aromatic amines is 1. The van der Waals surface area contributed by atoms with E-state index in [2.05, 4.69) is 30.7 Å². The molecule has 9 heteroatoms. The minimum atomic E-state index is -3.60. The molecule has 1 heterocycles. The molecule has 2 aromatic rings. The summed E-state index contributed by atoms with van der Waals surface area (Å²) in [5, 5.41) is 15.9. The van der Waals surface area contributed by atoms with Crippen molar-refractivity contribution >= 4 is 10.0 Å². The van der Waals surface area contributed by atoms with Gasteiger partial charge in [-0.2, -0.15) is 5.21 Å². The number of H-pyrrole nitrogens is 1. The third-order valence-electron chi connectivity index (χ3n) is 2.44. The molecule has 1 aromatic heterocycles. The minimum absolute atomic E-state index is 0.00722. The van der Waals surface area contributed by atoms with Gasteiger partial charge < -0.3 is 5.32 Å². The van der Waals surface area contributed by atoms with Crippen LogP contribution in [-0.4, -0.2) is 36.1 Å². The number of hydrogen-bond acceptors (Lipinski definition) is 6. The van der Waals surface area contributed by atoms with E-state index in [4.69, 9.17) is 0 Å². The summed E-state index contributed by atoms with van der Waals surface area (Å²) in [7, 11) is -1.84. The highest BCUT2D eigenvalue weighted by Crippen LogP contribution is 2.15. The van der Waals surface area contributed by atoms with E-state index in [0.29, 0.717) is 12.1 Å². The number of nitrogens with one attached hydrogen (secondary N) is 3. The molecule has 1 aromatic carbocycles. The number of nitrogens with zero attached hydrogens (tertiary/aromatic N) is 3. The maximum absolute atomic E-state index is 12.2. The van der Waals surface area contributed by atoms with Crippen molar-refractivity contribution in [3.63, 3.8) is 0 Å². The van der Waals surface area contributed by atoms with Gasteiger partial charge in [-0.1, -0.05) is 23.4 Å². The van der Waals surface area contributed by atoms with E-state index in [1.807, 2.05) is 0 Å². The SMILES string of the molecule is CNCc1ccccc1S(=O)(=O)NCc1nn[nH]n1. The van der Waals surface area contributed by atoms with Gasteiger partial charge in [0, 0.05) is 6.54 Å². The summed E-state index contributed by atoms with van der Waals surface area (Å²) in [6, 6.07) is 6.80. The monoisotopic (exact) mass is 282 g/mol. The fourth-order valence-corrected chi connectivity index (χ4v) is 2.81. The molecule has 102 valence electrons. The molecule has 19 heavy (non-hydrogen) atoms. The smallest absolute Gasteiger partial charge is 0.241 e. The summed E-state index contributed by atoms with van der Waals surface area (Å²) in [6.07, 6.45) is 0. The van der Waals surface area contributed by atoms with Gasteiger partial charge in [-0.05, 0) is 18.7 Å². The molecule has 8 nitrogen and oxygen atoms in total. The number of hydrogen-bond donors (Lipinski definition) is 3. The second-order valence-corrected chi connectivity index (χ2v) is 5.53. The van der Waals surface area contributed by atoms with E-state index in [0.717, 1.165) is 0 Å². The average Bonchev–Trinajstić information content (AvgIpc) is 2.91. The number of tetrazole rings is 1. The Morgan fingerprint density at radius 1 is 1.26 bits per heavy atom. The van der Waals surface area contributed by atoms with Crippen LogP contribution in [0.4, 0.5) is 0 Å². The van der Waals surface area contributed by atoms with Crippen molar-refractivity contribution in [2.45, 2.75) is 18.0 Å². The molecule has 0 fully saturated rings. The molecule has 3 N–H and O–H groups in total. The quantitative estimate of drug-likeness (QED) is 0.652. The molecule has 0 saturated carbocycles. The highest BCUT2D eigenvalue weighted by atomic mass is 32.2. The first-order valence-corrected chi connectivity index (χ1v) is 7.06. The van der Waals surface area contributed by atoms with Crippen molar-refractivity contribution in [3.8, 4) is 0 Å². The first kappa shape index (κ1) is 13.6. The lowest BCUT2D eigenvalue weighted by Gasteiger charge is -2.10. The van der Waals surface area contributed by atoms with Crippen LogP contribution >= 0.6 is 0 Å². The normalized spacial score (nSPS) is 11.6. The maximum Gasteiger partial charge on any atom is 0.241 e. The molecule has 0 bridgehead atoms. The molecule has 0 aliphatic rings. The predicted octanol–water partition coefficient (Wildman–Crippen LogP) is -0.602.